The molecule has 5 heteroatoms. The molecule has 0 amide bonds. The third kappa shape index (κ3) is 5.70. The Morgan fingerprint density at radius 1 is 0.694 bits per heavy atom. The maximum absolute atomic E-state index is 8.87. The van der Waals surface area contributed by atoms with Crippen LogP contribution in [-0.4, -0.2) is 22.8 Å². The van der Waals surface area contributed by atoms with E-state index in [2.05, 4.69) is 114 Å². The fourth-order valence-electron chi connectivity index (χ4n) is 6.80. The van der Waals surface area contributed by atoms with E-state index < -0.39 is 0 Å². The van der Waals surface area contributed by atoms with E-state index in [0.29, 0.717) is 5.84 Å². The van der Waals surface area contributed by atoms with Gasteiger partial charge in [0.15, 0.2) is 5.84 Å². The summed E-state index contributed by atoms with van der Waals surface area (Å²) in [5, 5.41) is 16.9. The molecule has 0 radical (unpaired) electrons. The minimum Gasteiger partial charge on any atom is -0.456 e. The monoisotopic (exact) mass is 636 g/mol. The van der Waals surface area contributed by atoms with Crippen molar-refractivity contribution in [2.24, 2.45) is 4.99 Å². The first-order chi connectivity index (χ1) is 24.2. The van der Waals surface area contributed by atoms with Crippen molar-refractivity contribution in [3.8, 4) is 16.8 Å². The number of nitrogens with one attached hydrogen (secondary N) is 2. The second-order valence-corrected chi connectivity index (χ2v) is 12.3. The molecular weight excluding hydrogens is 601 g/mol. The van der Waals surface area contributed by atoms with Gasteiger partial charge in [-0.15, -0.1) is 6.58 Å². The van der Waals surface area contributed by atoms with Gasteiger partial charge in [-0.3, -0.25) is 5.41 Å². The standard InChI is InChI=1S/C44H36N4O/c1-2-3-4-13-27-46-44(47-43(45)31-17-9-6-10-18-31)35-20-14-22-41-42(35)37-29-33(24-26-40(37)49-41)48-38-21-12-11-19-34(38)36-28-32(23-25-39(36)48)30-15-7-5-8-16-30/h2,5-12,14-26,28-29H,1,3-4,13,27H2,(H2,45,46,47). The average molecular weight is 637 g/mol. The predicted molar refractivity (Wildman–Crippen MR) is 205 cm³/mol. The topological polar surface area (TPSA) is 66.3 Å². The fourth-order valence-corrected chi connectivity index (χ4v) is 6.80. The molecule has 6 aromatic carbocycles. The van der Waals surface area contributed by atoms with Crippen LogP contribution in [0.5, 0.6) is 0 Å². The molecule has 0 saturated heterocycles. The molecule has 0 unspecified atom stereocenters. The van der Waals surface area contributed by atoms with Gasteiger partial charge < -0.3 is 14.3 Å². The Hall–Kier alpha value is -6.20. The van der Waals surface area contributed by atoms with Crippen molar-refractivity contribution in [1.82, 2.24) is 9.88 Å². The van der Waals surface area contributed by atoms with Gasteiger partial charge in [-0.25, -0.2) is 4.99 Å². The van der Waals surface area contributed by atoms with Crippen LogP contribution in [0.15, 0.2) is 162 Å². The van der Waals surface area contributed by atoms with Gasteiger partial charge in [0, 0.05) is 44.9 Å². The molecule has 5 nitrogen and oxygen atoms in total. The quantitative estimate of drug-likeness (QED) is 0.0716. The molecule has 238 valence electrons. The molecular formula is C44H36N4O. The van der Waals surface area contributed by atoms with Crippen molar-refractivity contribution < 1.29 is 4.42 Å². The molecule has 2 aromatic heterocycles. The number of benzene rings is 6. The number of furan rings is 1. The summed E-state index contributed by atoms with van der Waals surface area (Å²) in [7, 11) is 0. The van der Waals surface area contributed by atoms with Crippen molar-refractivity contribution >= 4 is 55.4 Å². The molecule has 0 fully saturated rings. The van der Waals surface area contributed by atoms with Crippen molar-refractivity contribution in [3.63, 3.8) is 0 Å². The molecule has 0 spiro atoms. The van der Waals surface area contributed by atoms with Crippen molar-refractivity contribution in [1.29, 1.82) is 5.41 Å². The Morgan fingerprint density at radius 3 is 2.31 bits per heavy atom. The third-order valence-corrected chi connectivity index (χ3v) is 9.17. The summed E-state index contributed by atoms with van der Waals surface area (Å²) >= 11 is 0. The van der Waals surface area contributed by atoms with Gasteiger partial charge in [0.2, 0.25) is 0 Å². The van der Waals surface area contributed by atoms with Crippen LogP contribution in [0.3, 0.4) is 0 Å². The smallest absolute Gasteiger partial charge is 0.154 e. The molecule has 0 aliphatic carbocycles. The van der Waals surface area contributed by atoms with E-state index in [1.807, 2.05) is 48.5 Å². The lowest BCUT2D eigenvalue weighted by Gasteiger charge is -2.12. The normalized spacial score (nSPS) is 11.9. The number of para-hydroxylation sites is 1. The highest BCUT2D eigenvalue weighted by Crippen LogP contribution is 2.38. The molecule has 0 atom stereocenters. The lowest BCUT2D eigenvalue weighted by Crippen LogP contribution is -2.27. The molecule has 0 saturated carbocycles. The highest BCUT2D eigenvalue weighted by molar-refractivity contribution is 6.21. The number of aliphatic imine (C=N–C) groups is 1. The minimum absolute atomic E-state index is 0.208. The number of nitrogens with zero attached hydrogens (tertiary/aromatic N) is 2. The van der Waals surface area contributed by atoms with E-state index in [1.165, 1.54) is 21.9 Å². The first-order valence-corrected chi connectivity index (χ1v) is 16.8. The van der Waals surface area contributed by atoms with Gasteiger partial charge in [0.25, 0.3) is 0 Å². The maximum Gasteiger partial charge on any atom is 0.154 e. The number of hydrogen-bond donors (Lipinski definition) is 2. The van der Waals surface area contributed by atoms with Crippen LogP contribution in [0.2, 0.25) is 0 Å². The van der Waals surface area contributed by atoms with Crippen LogP contribution in [0, 0.1) is 5.41 Å². The van der Waals surface area contributed by atoms with Crippen LogP contribution in [0.25, 0.3) is 60.6 Å². The van der Waals surface area contributed by atoms with E-state index in [4.69, 9.17) is 14.8 Å². The van der Waals surface area contributed by atoms with E-state index in [-0.39, 0.29) is 5.84 Å². The Labute approximate surface area is 285 Å². The summed E-state index contributed by atoms with van der Waals surface area (Å²) in [5.74, 6) is 0.872. The average Bonchev–Trinajstić information content (AvgIpc) is 3.70. The summed E-state index contributed by atoms with van der Waals surface area (Å²) in [6, 6.07) is 48.1. The van der Waals surface area contributed by atoms with Crippen LogP contribution in [0.1, 0.15) is 30.4 Å². The Kier molecular flexibility index (Phi) is 8.08. The second kappa shape index (κ2) is 13.1. The summed E-state index contributed by atoms with van der Waals surface area (Å²) < 4.78 is 8.79. The minimum atomic E-state index is 0.208. The molecule has 8 rings (SSSR count). The highest BCUT2D eigenvalue weighted by Gasteiger charge is 2.19. The molecule has 8 aromatic rings. The Bertz CT molecular complexity index is 2500. The van der Waals surface area contributed by atoms with Gasteiger partial charge in [-0.2, -0.15) is 0 Å². The molecule has 0 aliphatic rings. The Balaban J connectivity index is 1.29. The molecule has 0 aliphatic heterocycles. The van der Waals surface area contributed by atoms with E-state index in [9.17, 15) is 0 Å². The van der Waals surface area contributed by atoms with Crippen molar-refractivity contribution in [2.75, 3.05) is 6.54 Å². The lowest BCUT2D eigenvalue weighted by molar-refractivity contribution is 0.669. The van der Waals surface area contributed by atoms with Crippen molar-refractivity contribution in [3.05, 3.63) is 163 Å². The number of unbranched alkanes of at least 4 members (excludes halogenated alkanes) is 2. The SMILES string of the molecule is C=CCCCCNC(=NC(=N)c1ccccc1)c1cccc2oc3ccc(-n4c5ccccc5c5cc(-c6ccccc6)ccc54)cc3c12. The summed E-state index contributed by atoms with van der Waals surface area (Å²) in [5.41, 5.74) is 9.01. The fraction of sp³-hybridized carbons (Fsp3) is 0.0909. The second-order valence-electron chi connectivity index (χ2n) is 12.3. The highest BCUT2D eigenvalue weighted by atomic mass is 16.3. The third-order valence-electron chi connectivity index (χ3n) is 9.17. The van der Waals surface area contributed by atoms with Gasteiger partial charge in [0.1, 0.15) is 17.0 Å². The summed E-state index contributed by atoms with van der Waals surface area (Å²) in [6.45, 7) is 4.60. The van der Waals surface area contributed by atoms with E-state index in [0.717, 1.165) is 75.6 Å². The number of allylic oxidation sites excluding steroid dienone is 1. The number of hydrogen-bond acceptors (Lipinski definition) is 2. The van der Waals surface area contributed by atoms with Gasteiger partial charge >= 0.3 is 0 Å². The Morgan fingerprint density at radius 2 is 1.47 bits per heavy atom. The zero-order chi connectivity index (χ0) is 33.2. The molecule has 49 heavy (non-hydrogen) atoms. The lowest BCUT2D eigenvalue weighted by atomic mass is 10.0. The maximum atomic E-state index is 8.87. The molecule has 2 heterocycles. The van der Waals surface area contributed by atoms with Gasteiger partial charge in [0.05, 0.1) is 11.0 Å². The molecule has 2 N–H and O–H groups in total. The number of amidine groups is 2. The number of rotatable bonds is 9. The van der Waals surface area contributed by atoms with E-state index in [1.54, 1.807) is 0 Å². The number of aromatic nitrogens is 1. The summed E-state index contributed by atoms with van der Waals surface area (Å²) in [6.07, 6.45) is 4.92. The van der Waals surface area contributed by atoms with Crippen LogP contribution in [-0.2, 0) is 0 Å². The zero-order valence-electron chi connectivity index (χ0n) is 27.2. The predicted octanol–water partition coefficient (Wildman–Crippen LogP) is 11.1. The zero-order valence-corrected chi connectivity index (χ0v) is 27.2. The first kappa shape index (κ1) is 30.2. The van der Waals surface area contributed by atoms with Crippen LogP contribution < -0.4 is 5.32 Å². The van der Waals surface area contributed by atoms with Gasteiger partial charge in [-0.1, -0.05) is 103 Å². The van der Waals surface area contributed by atoms with E-state index >= 15 is 0 Å². The first-order valence-electron chi connectivity index (χ1n) is 16.8. The van der Waals surface area contributed by atoms with Crippen LogP contribution in [0.4, 0.5) is 0 Å². The van der Waals surface area contributed by atoms with Gasteiger partial charge in [-0.05, 0) is 72.9 Å². The largest absolute Gasteiger partial charge is 0.456 e. The summed E-state index contributed by atoms with van der Waals surface area (Å²) in [4.78, 5) is 4.88. The van der Waals surface area contributed by atoms with Crippen LogP contribution >= 0.6 is 0 Å². The van der Waals surface area contributed by atoms with Crippen molar-refractivity contribution in [2.45, 2.75) is 19.3 Å². The number of fused-ring (bicyclic) bond motifs is 6. The molecule has 0 bridgehead atoms.